The SMILES string of the molecule is CCC1(C)NC(=O)N(CC(=O)OC(C)c2nc(-c3cccnc3)no2)C1=O. The molecule has 2 aromatic heterocycles. The summed E-state index contributed by atoms with van der Waals surface area (Å²) in [6, 6.07) is 2.88. The van der Waals surface area contributed by atoms with Crippen molar-refractivity contribution in [3.63, 3.8) is 0 Å². The summed E-state index contributed by atoms with van der Waals surface area (Å²) in [5.41, 5.74) is -0.349. The van der Waals surface area contributed by atoms with Gasteiger partial charge in [0.15, 0.2) is 6.10 Å². The van der Waals surface area contributed by atoms with E-state index in [-0.39, 0.29) is 5.89 Å². The molecule has 2 aromatic rings. The quantitative estimate of drug-likeness (QED) is 0.595. The second-order valence-corrected chi connectivity index (χ2v) is 6.34. The molecule has 2 atom stereocenters. The van der Waals surface area contributed by atoms with Crippen LogP contribution in [0.5, 0.6) is 0 Å². The summed E-state index contributed by atoms with van der Waals surface area (Å²) in [7, 11) is 0. The largest absolute Gasteiger partial charge is 0.451 e. The molecular weight excluding hydrogens is 354 g/mol. The van der Waals surface area contributed by atoms with Crippen molar-refractivity contribution in [3.05, 3.63) is 30.4 Å². The van der Waals surface area contributed by atoms with Crippen LogP contribution in [0.1, 0.15) is 39.2 Å². The van der Waals surface area contributed by atoms with Crippen LogP contribution in [0.4, 0.5) is 4.79 Å². The molecule has 0 aliphatic carbocycles. The lowest BCUT2D eigenvalue weighted by Gasteiger charge is -2.19. The summed E-state index contributed by atoms with van der Waals surface area (Å²) in [5.74, 6) is -0.810. The van der Waals surface area contributed by atoms with Crippen molar-refractivity contribution in [3.8, 4) is 11.4 Å². The van der Waals surface area contributed by atoms with Gasteiger partial charge >= 0.3 is 12.0 Å². The number of nitrogens with zero attached hydrogens (tertiary/aromatic N) is 4. The summed E-state index contributed by atoms with van der Waals surface area (Å²) in [5, 5.41) is 6.40. The van der Waals surface area contributed by atoms with Gasteiger partial charge in [-0.25, -0.2) is 4.79 Å². The van der Waals surface area contributed by atoms with Crippen LogP contribution in [0.25, 0.3) is 11.4 Å². The maximum Gasteiger partial charge on any atom is 0.327 e. The average molecular weight is 373 g/mol. The van der Waals surface area contributed by atoms with Gasteiger partial charge in [-0.1, -0.05) is 12.1 Å². The minimum absolute atomic E-state index is 0.0952. The van der Waals surface area contributed by atoms with Crippen LogP contribution in [-0.2, 0) is 14.3 Å². The maximum absolute atomic E-state index is 12.3. The van der Waals surface area contributed by atoms with E-state index in [1.54, 1.807) is 45.3 Å². The molecule has 3 rings (SSSR count). The molecule has 10 nitrogen and oxygen atoms in total. The zero-order valence-electron chi connectivity index (χ0n) is 15.1. The Kier molecular flexibility index (Phi) is 4.89. The highest BCUT2D eigenvalue weighted by molar-refractivity contribution is 6.08. The second-order valence-electron chi connectivity index (χ2n) is 6.34. The monoisotopic (exact) mass is 373 g/mol. The zero-order chi connectivity index (χ0) is 19.6. The van der Waals surface area contributed by atoms with Crippen molar-refractivity contribution < 1.29 is 23.6 Å². The van der Waals surface area contributed by atoms with E-state index in [4.69, 9.17) is 9.26 Å². The van der Waals surface area contributed by atoms with Gasteiger partial charge in [0.25, 0.3) is 11.8 Å². The summed E-state index contributed by atoms with van der Waals surface area (Å²) in [6.45, 7) is 4.45. The molecule has 0 radical (unpaired) electrons. The Morgan fingerprint density at radius 2 is 2.22 bits per heavy atom. The predicted molar refractivity (Wildman–Crippen MR) is 91.0 cm³/mol. The smallest absolute Gasteiger partial charge is 0.327 e. The van der Waals surface area contributed by atoms with Crippen LogP contribution in [0.2, 0.25) is 0 Å². The molecule has 1 aliphatic heterocycles. The molecule has 0 aromatic carbocycles. The Bertz CT molecular complexity index is 868. The Morgan fingerprint density at radius 3 is 2.85 bits per heavy atom. The lowest BCUT2D eigenvalue weighted by atomic mass is 9.99. The van der Waals surface area contributed by atoms with E-state index in [1.165, 1.54) is 0 Å². The first-order chi connectivity index (χ1) is 12.8. The molecule has 0 bridgehead atoms. The van der Waals surface area contributed by atoms with Gasteiger partial charge in [-0.15, -0.1) is 0 Å². The summed E-state index contributed by atoms with van der Waals surface area (Å²) >= 11 is 0. The van der Waals surface area contributed by atoms with Gasteiger partial charge in [-0.05, 0) is 32.4 Å². The maximum atomic E-state index is 12.3. The summed E-state index contributed by atoms with van der Waals surface area (Å²) < 4.78 is 10.3. The Morgan fingerprint density at radius 1 is 1.44 bits per heavy atom. The lowest BCUT2D eigenvalue weighted by molar-refractivity contribution is -0.152. The van der Waals surface area contributed by atoms with Gasteiger partial charge in [0, 0.05) is 18.0 Å². The highest BCUT2D eigenvalue weighted by Crippen LogP contribution is 2.22. The number of hydrogen-bond donors (Lipinski definition) is 1. The number of aromatic nitrogens is 3. The lowest BCUT2D eigenvalue weighted by Crippen LogP contribution is -2.43. The molecule has 3 amide bonds. The van der Waals surface area contributed by atoms with Crippen LogP contribution in [0.15, 0.2) is 29.0 Å². The molecule has 3 heterocycles. The van der Waals surface area contributed by atoms with E-state index in [9.17, 15) is 14.4 Å². The fraction of sp³-hybridized carbons (Fsp3) is 0.412. The van der Waals surface area contributed by atoms with Crippen molar-refractivity contribution in [1.82, 2.24) is 25.3 Å². The molecule has 2 unspecified atom stereocenters. The van der Waals surface area contributed by atoms with Crippen LogP contribution in [0.3, 0.4) is 0 Å². The van der Waals surface area contributed by atoms with Crippen LogP contribution >= 0.6 is 0 Å². The van der Waals surface area contributed by atoms with Gasteiger partial charge in [0.1, 0.15) is 12.1 Å². The van der Waals surface area contributed by atoms with E-state index in [1.807, 2.05) is 0 Å². The number of rotatable bonds is 6. The number of nitrogens with one attached hydrogen (secondary N) is 1. The number of ether oxygens (including phenoxy) is 1. The second kappa shape index (κ2) is 7.14. The highest BCUT2D eigenvalue weighted by Gasteiger charge is 2.47. The molecule has 142 valence electrons. The van der Waals surface area contributed by atoms with E-state index in [0.717, 1.165) is 4.90 Å². The van der Waals surface area contributed by atoms with Crippen LogP contribution in [0, 0.1) is 0 Å². The first-order valence-corrected chi connectivity index (χ1v) is 8.41. The Balaban J connectivity index is 1.62. The third-order valence-electron chi connectivity index (χ3n) is 4.36. The normalized spacial score (nSPS) is 20.5. The number of amides is 3. The zero-order valence-corrected chi connectivity index (χ0v) is 15.1. The molecule has 1 N–H and O–H groups in total. The summed E-state index contributed by atoms with van der Waals surface area (Å²) in [6.07, 6.45) is 2.77. The Labute approximate surface area is 154 Å². The van der Waals surface area contributed by atoms with Crippen molar-refractivity contribution in [2.75, 3.05) is 6.54 Å². The standard InChI is InChI=1S/C17H19N5O5/c1-4-17(3)15(24)22(16(25)20-17)9-12(23)26-10(2)14-19-13(21-27-14)11-6-5-7-18-8-11/h5-8,10H,4,9H2,1-3H3,(H,20,25). The van der Waals surface area contributed by atoms with Crippen molar-refractivity contribution in [1.29, 1.82) is 0 Å². The van der Waals surface area contributed by atoms with Gasteiger partial charge in [-0.2, -0.15) is 4.98 Å². The highest BCUT2D eigenvalue weighted by atomic mass is 16.6. The minimum Gasteiger partial charge on any atom is -0.451 e. The number of urea groups is 1. The third-order valence-corrected chi connectivity index (χ3v) is 4.36. The van der Waals surface area contributed by atoms with Crippen LogP contribution in [-0.4, -0.2) is 50.0 Å². The number of esters is 1. The number of carbonyl (C=O) groups is 3. The first kappa shape index (κ1) is 18.5. The van der Waals surface area contributed by atoms with E-state index in [2.05, 4.69) is 20.4 Å². The molecule has 0 saturated carbocycles. The van der Waals surface area contributed by atoms with Gasteiger partial charge in [-0.3, -0.25) is 19.5 Å². The van der Waals surface area contributed by atoms with Gasteiger partial charge in [0.2, 0.25) is 5.82 Å². The molecule has 1 saturated heterocycles. The van der Waals surface area contributed by atoms with Crippen molar-refractivity contribution in [2.24, 2.45) is 0 Å². The van der Waals surface area contributed by atoms with Crippen LogP contribution < -0.4 is 5.32 Å². The fourth-order valence-corrected chi connectivity index (χ4v) is 2.56. The van der Waals surface area contributed by atoms with E-state index < -0.39 is 36.1 Å². The first-order valence-electron chi connectivity index (χ1n) is 8.41. The average Bonchev–Trinajstić information content (AvgIpc) is 3.23. The number of pyridine rings is 1. The third kappa shape index (κ3) is 3.64. The number of imide groups is 1. The molecule has 0 spiro atoms. The van der Waals surface area contributed by atoms with Crippen molar-refractivity contribution >= 4 is 17.9 Å². The number of hydrogen-bond acceptors (Lipinski definition) is 8. The molecule has 1 aliphatic rings. The fourth-order valence-electron chi connectivity index (χ4n) is 2.56. The van der Waals surface area contributed by atoms with E-state index >= 15 is 0 Å². The molecule has 1 fully saturated rings. The molecular formula is C17H19N5O5. The predicted octanol–water partition coefficient (Wildman–Crippen LogP) is 1.46. The van der Waals surface area contributed by atoms with Crippen molar-refractivity contribution in [2.45, 2.75) is 38.8 Å². The molecule has 10 heteroatoms. The molecule has 27 heavy (non-hydrogen) atoms. The summed E-state index contributed by atoms with van der Waals surface area (Å²) in [4.78, 5) is 45.4. The minimum atomic E-state index is -1.01. The van der Waals surface area contributed by atoms with Gasteiger partial charge in [0.05, 0.1) is 0 Å². The number of carbonyl (C=O) groups excluding carboxylic acids is 3. The Hall–Kier alpha value is -3.30. The topological polar surface area (TPSA) is 128 Å². The van der Waals surface area contributed by atoms with E-state index in [0.29, 0.717) is 17.8 Å². The van der Waals surface area contributed by atoms with Gasteiger partial charge < -0.3 is 14.6 Å².